The van der Waals surface area contributed by atoms with E-state index in [0.717, 1.165) is 48.5 Å². The predicted molar refractivity (Wildman–Crippen MR) is 68.5 cm³/mol. The van der Waals surface area contributed by atoms with E-state index >= 15 is 0 Å². The molecule has 96 valence electrons. The number of fused-ring (bicyclic) bond motifs is 1. The van der Waals surface area contributed by atoms with Crippen molar-refractivity contribution in [3.63, 3.8) is 0 Å². The Morgan fingerprint density at radius 1 is 1.50 bits per heavy atom. The van der Waals surface area contributed by atoms with Crippen molar-refractivity contribution in [1.29, 1.82) is 0 Å². The van der Waals surface area contributed by atoms with Crippen molar-refractivity contribution in [3.05, 3.63) is 12.0 Å². The van der Waals surface area contributed by atoms with Gasteiger partial charge in [0.2, 0.25) is 0 Å². The maximum atomic E-state index is 5.60. The summed E-state index contributed by atoms with van der Waals surface area (Å²) in [5.41, 5.74) is 1.81. The minimum atomic E-state index is 0.298. The zero-order chi connectivity index (χ0) is 12.5. The van der Waals surface area contributed by atoms with Crippen molar-refractivity contribution in [2.24, 2.45) is 7.05 Å². The van der Waals surface area contributed by atoms with E-state index in [9.17, 15) is 0 Å². The average molecular weight is 247 g/mol. The minimum Gasteiger partial charge on any atom is -0.376 e. The van der Waals surface area contributed by atoms with E-state index in [2.05, 4.69) is 20.4 Å². The first-order valence-corrected chi connectivity index (χ1v) is 6.25. The lowest BCUT2D eigenvalue weighted by molar-refractivity contribution is 0.120. The molecule has 18 heavy (non-hydrogen) atoms. The van der Waals surface area contributed by atoms with Gasteiger partial charge in [0.05, 0.1) is 17.2 Å². The molecule has 1 aliphatic rings. The van der Waals surface area contributed by atoms with Gasteiger partial charge in [-0.05, 0) is 19.8 Å². The molecule has 2 aromatic rings. The van der Waals surface area contributed by atoms with Crippen molar-refractivity contribution in [2.75, 3.05) is 18.5 Å². The number of rotatable bonds is 3. The molecule has 0 spiro atoms. The number of ether oxygens (including phenoxy) is 1. The molecular weight excluding hydrogens is 230 g/mol. The molecule has 0 bridgehead atoms. The normalized spacial score (nSPS) is 19.6. The number of hydrogen-bond donors (Lipinski definition) is 1. The van der Waals surface area contributed by atoms with Crippen LogP contribution in [0.5, 0.6) is 0 Å². The molecule has 0 aliphatic carbocycles. The van der Waals surface area contributed by atoms with Crippen LogP contribution in [0.1, 0.15) is 18.5 Å². The van der Waals surface area contributed by atoms with Crippen molar-refractivity contribution in [1.82, 2.24) is 19.7 Å². The first kappa shape index (κ1) is 11.4. The van der Waals surface area contributed by atoms with Crippen LogP contribution in [0.25, 0.3) is 11.0 Å². The number of anilines is 1. The molecule has 1 aliphatic heterocycles. The Hall–Kier alpha value is -1.69. The topological polar surface area (TPSA) is 64.9 Å². The summed E-state index contributed by atoms with van der Waals surface area (Å²) < 4.78 is 7.38. The summed E-state index contributed by atoms with van der Waals surface area (Å²) in [6.07, 6.45) is 4.14. The second-order valence-electron chi connectivity index (χ2n) is 4.65. The SMILES string of the molecule is Cc1nn(C)c2ncnc(NCC3CCCO3)c12. The maximum absolute atomic E-state index is 5.60. The number of hydrogen-bond acceptors (Lipinski definition) is 5. The van der Waals surface area contributed by atoms with Crippen molar-refractivity contribution >= 4 is 16.9 Å². The fourth-order valence-corrected chi connectivity index (χ4v) is 2.43. The van der Waals surface area contributed by atoms with Gasteiger partial charge in [-0.1, -0.05) is 0 Å². The largest absolute Gasteiger partial charge is 0.376 e. The van der Waals surface area contributed by atoms with Crippen LogP contribution in [0, 0.1) is 6.92 Å². The van der Waals surface area contributed by atoms with Crippen molar-refractivity contribution in [3.8, 4) is 0 Å². The lowest BCUT2D eigenvalue weighted by atomic mass is 10.2. The summed E-state index contributed by atoms with van der Waals surface area (Å²) in [6, 6.07) is 0. The monoisotopic (exact) mass is 247 g/mol. The van der Waals surface area contributed by atoms with Gasteiger partial charge < -0.3 is 10.1 Å². The highest BCUT2D eigenvalue weighted by molar-refractivity contribution is 5.89. The van der Waals surface area contributed by atoms with Crippen LogP contribution in [0.15, 0.2) is 6.33 Å². The smallest absolute Gasteiger partial charge is 0.163 e. The number of aromatic nitrogens is 4. The highest BCUT2D eigenvalue weighted by atomic mass is 16.5. The van der Waals surface area contributed by atoms with Gasteiger partial charge >= 0.3 is 0 Å². The zero-order valence-corrected chi connectivity index (χ0v) is 10.7. The van der Waals surface area contributed by atoms with E-state index < -0.39 is 0 Å². The Morgan fingerprint density at radius 3 is 3.17 bits per heavy atom. The Kier molecular flexibility index (Phi) is 2.87. The third kappa shape index (κ3) is 1.92. The van der Waals surface area contributed by atoms with Crippen LogP contribution >= 0.6 is 0 Å². The minimum absolute atomic E-state index is 0.298. The van der Waals surface area contributed by atoms with Gasteiger partial charge in [-0.25, -0.2) is 9.97 Å². The second-order valence-corrected chi connectivity index (χ2v) is 4.65. The Balaban J connectivity index is 1.86. The molecular formula is C12H17N5O. The molecule has 1 saturated heterocycles. The van der Waals surface area contributed by atoms with Crippen LogP contribution in [0.2, 0.25) is 0 Å². The third-order valence-electron chi connectivity index (χ3n) is 3.32. The van der Waals surface area contributed by atoms with E-state index in [1.807, 2.05) is 14.0 Å². The van der Waals surface area contributed by atoms with E-state index in [1.54, 1.807) is 11.0 Å². The van der Waals surface area contributed by atoms with Crippen LogP contribution in [-0.2, 0) is 11.8 Å². The molecule has 0 amide bonds. The fraction of sp³-hybridized carbons (Fsp3) is 0.583. The van der Waals surface area contributed by atoms with Crippen LogP contribution in [-0.4, -0.2) is 39.0 Å². The van der Waals surface area contributed by atoms with Gasteiger partial charge in [0.1, 0.15) is 12.1 Å². The van der Waals surface area contributed by atoms with E-state index in [4.69, 9.17) is 4.74 Å². The van der Waals surface area contributed by atoms with Gasteiger partial charge in [0.25, 0.3) is 0 Å². The standard InChI is InChI=1S/C12H17N5O/c1-8-10-11(13-6-9-4-3-5-18-9)14-7-15-12(10)17(2)16-8/h7,9H,3-6H2,1-2H3,(H,13,14,15). The molecule has 1 unspecified atom stereocenters. The molecule has 1 atom stereocenters. The Morgan fingerprint density at radius 2 is 2.39 bits per heavy atom. The lowest BCUT2D eigenvalue weighted by Crippen LogP contribution is -2.19. The quantitative estimate of drug-likeness (QED) is 0.884. The highest BCUT2D eigenvalue weighted by Gasteiger charge is 2.17. The first-order valence-electron chi connectivity index (χ1n) is 6.25. The summed E-state index contributed by atoms with van der Waals surface area (Å²) in [4.78, 5) is 8.57. The fourth-order valence-electron chi connectivity index (χ4n) is 2.43. The highest BCUT2D eigenvalue weighted by Crippen LogP contribution is 2.22. The van der Waals surface area contributed by atoms with Crippen LogP contribution < -0.4 is 5.32 Å². The summed E-state index contributed by atoms with van der Waals surface area (Å²) >= 11 is 0. The molecule has 0 saturated carbocycles. The summed E-state index contributed by atoms with van der Waals surface area (Å²) in [6.45, 7) is 3.64. The molecule has 6 heteroatoms. The second kappa shape index (κ2) is 4.53. The molecule has 3 heterocycles. The molecule has 0 aromatic carbocycles. The lowest BCUT2D eigenvalue weighted by Gasteiger charge is -2.11. The van der Waals surface area contributed by atoms with Gasteiger partial charge in [-0.3, -0.25) is 4.68 Å². The van der Waals surface area contributed by atoms with E-state index in [1.165, 1.54) is 0 Å². The van der Waals surface area contributed by atoms with E-state index in [0.29, 0.717) is 6.10 Å². The number of aryl methyl sites for hydroxylation is 2. The van der Waals surface area contributed by atoms with Gasteiger partial charge in [-0.15, -0.1) is 0 Å². The van der Waals surface area contributed by atoms with Crippen molar-refractivity contribution in [2.45, 2.75) is 25.9 Å². The zero-order valence-electron chi connectivity index (χ0n) is 10.7. The molecule has 0 radical (unpaired) electrons. The van der Waals surface area contributed by atoms with Crippen LogP contribution in [0.3, 0.4) is 0 Å². The Bertz CT molecular complexity index is 559. The predicted octanol–water partition coefficient (Wildman–Crippen LogP) is 1.26. The van der Waals surface area contributed by atoms with Gasteiger partial charge in [-0.2, -0.15) is 5.10 Å². The molecule has 6 nitrogen and oxygen atoms in total. The number of nitrogens with zero attached hydrogens (tertiary/aromatic N) is 4. The average Bonchev–Trinajstić information content (AvgIpc) is 2.97. The van der Waals surface area contributed by atoms with Crippen LogP contribution in [0.4, 0.5) is 5.82 Å². The van der Waals surface area contributed by atoms with Gasteiger partial charge in [0.15, 0.2) is 5.65 Å². The third-order valence-corrected chi connectivity index (χ3v) is 3.32. The maximum Gasteiger partial charge on any atom is 0.163 e. The van der Waals surface area contributed by atoms with E-state index in [-0.39, 0.29) is 0 Å². The summed E-state index contributed by atoms with van der Waals surface area (Å²) in [7, 11) is 1.90. The molecule has 3 rings (SSSR count). The molecule has 1 N–H and O–H groups in total. The molecule has 2 aromatic heterocycles. The first-order chi connectivity index (χ1) is 8.75. The summed E-state index contributed by atoms with van der Waals surface area (Å²) in [5.74, 6) is 0.848. The Labute approximate surface area is 105 Å². The molecule has 1 fully saturated rings. The van der Waals surface area contributed by atoms with Crippen molar-refractivity contribution < 1.29 is 4.74 Å². The number of nitrogens with one attached hydrogen (secondary N) is 1. The van der Waals surface area contributed by atoms with Gasteiger partial charge in [0, 0.05) is 20.2 Å². The summed E-state index contributed by atoms with van der Waals surface area (Å²) in [5, 5.41) is 8.73.